The molecule has 1 amide bonds. The molecule has 0 saturated carbocycles. The first-order valence-corrected chi connectivity index (χ1v) is 7.08. The van der Waals surface area contributed by atoms with Crippen LogP contribution in [0.2, 0.25) is 0 Å². The fourth-order valence-corrected chi connectivity index (χ4v) is 2.39. The molecule has 2 aromatic rings. The van der Waals surface area contributed by atoms with E-state index in [0.717, 1.165) is 22.6 Å². The van der Waals surface area contributed by atoms with Crippen LogP contribution < -0.4 is 9.47 Å². The third-order valence-electron chi connectivity index (χ3n) is 3.75. The first kappa shape index (κ1) is 15.9. The number of nitrogens with zero attached hydrogens (tertiary/aromatic N) is 1. The summed E-state index contributed by atoms with van der Waals surface area (Å²) in [5.41, 5.74) is 2.06. The maximum atomic E-state index is 11.9. The largest absolute Gasteiger partial charge is 0.497 e. The lowest BCUT2D eigenvalue weighted by Crippen LogP contribution is -2.29. The van der Waals surface area contributed by atoms with Gasteiger partial charge in [0.2, 0.25) is 5.91 Å². The van der Waals surface area contributed by atoms with Crippen molar-refractivity contribution in [3.8, 4) is 11.5 Å². The highest BCUT2D eigenvalue weighted by atomic mass is 16.5. The van der Waals surface area contributed by atoms with Gasteiger partial charge in [0.25, 0.3) is 0 Å². The van der Waals surface area contributed by atoms with Crippen LogP contribution in [0.3, 0.4) is 0 Å². The first-order valence-electron chi connectivity index (χ1n) is 7.08. The molecule has 2 aromatic carbocycles. The predicted octanol–water partition coefficient (Wildman–Crippen LogP) is 3.27. The normalized spacial score (nSPS) is 10.4. The number of methoxy groups -OCH3 is 2. The highest BCUT2D eigenvalue weighted by Gasteiger charge is 2.21. The molecule has 0 bridgehead atoms. The number of carbonyl (C=O) groups is 1. The van der Waals surface area contributed by atoms with Crippen LogP contribution in [0, 0.1) is 0 Å². The zero-order chi connectivity index (χ0) is 16.1. The number of rotatable bonds is 5. The summed E-state index contributed by atoms with van der Waals surface area (Å²) in [4.78, 5) is 13.6. The summed E-state index contributed by atoms with van der Waals surface area (Å²) in [5.74, 6) is 1.60. The second-order valence-corrected chi connectivity index (χ2v) is 5.08. The molecule has 116 valence electrons. The Morgan fingerprint density at radius 1 is 0.864 bits per heavy atom. The molecule has 0 spiro atoms. The van der Waals surface area contributed by atoms with E-state index in [-0.39, 0.29) is 11.9 Å². The number of hydrogen-bond acceptors (Lipinski definition) is 3. The van der Waals surface area contributed by atoms with Crippen molar-refractivity contribution in [3.05, 3.63) is 59.7 Å². The molecular formula is C18H21NO3. The van der Waals surface area contributed by atoms with Crippen LogP contribution in [0.4, 0.5) is 0 Å². The Kier molecular flexibility index (Phi) is 5.04. The second kappa shape index (κ2) is 6.98. The monoisotopic (exact) mass is 299 g/mol. The van der Waals surface area contributed by atoms with Gasteiger partial charge in [0.1, 0.15) is 11.5 Å². The van der Waals surface area contributed by atoms with Crippen molar-refractivity contribution in [2.75, 3.05) is 21.3 Å². The highest BCUT2D eigenvalue weighted by Crippen LogP contribution is 2.30. The van der Waals surface area contributed by atoms with Crippen molar-refractivity contribution in [2.45, 2.75) is 13.0 Å². The summed E-state index contributed by atoms with van der Waals surface area (Å²) in [6.07, 6.45) is 0. The number of carbonyl (C=O) groups excluding carboxylic acids is 1. The fourth-order valence-electron chi connectivity index (χ4n) is 2.39. The van der Waals surface area contributed by atoms with Gasteiger partial charge in [-0.2, -0.15) is 0 Å². The van der Waals surface area contributed by atoms with Crippen molar-refractivity contribution in [1.29, 1.82) is 0 Å². The molecule has 0 N–H and O–H groups in total. The van der Waals surface area contributed by atoms with Gasteiger partial charge >= 0.3 is 0 Å². The van der Waals surface area contributed by atoms with Gasteiger partial charge in [-0.05, 0) is 35.4 Å². The molecule has 0 aromatic heterocycles. The van der Waals surface area contributed by atoms with Crippen LogP contribution in [0.25, 0.3) is 0 Å². The van der Waals surface area contributed by atoms with Gasteiger partial charge in [-0.3, -0.25) is 4.79 Å². The standard InChI is InChI=1S/C18H21NO3/c1-13(20)19(2)18(14-5-9-16(21-3)10-6-14)15-7-11-17(22-4)12-8-15/h5-12,18H,1-4H3. The Bertz CT molecular complexity index is 572. The molecule has 0 saturated heterocycles. The zero-order valence-electron chi connectivity index (χ0n) is 13.4. The van der Waals surface area contributed by atoms with Crippen molar-refractivity contribution < 1.29 is 14.3 Å². The summed E-state index contributed by atoms with van der Waals surface area (Å²) in [6, 6.07) is 15.4. The smallest absolute Gasteiger partial charge is 0.219 e. The maximum Gasteiger partial charge on any atom is 0.219 e. The summed E-state index contributed by atoms with van der Waals surface area (Å²) in [6.45, 7) is 1.57. The van der Waals surface area contributed by atoms with E-state index < -0.39 is 0 Å². The summed E-state index contributed by atoms with van der Waals surface area (Å²) in [5, 5.41) is 0. The van der Waals surface area contributed by atoms with Crippen LogP contribution in [-0.4, -0.2) is 32.1 Å². The summed E-state index contributed by atoms with van der Waals surface area (Å²) >= 11 is 0. The topological polar surface area (TPSA) is 38.8 Å². The molecule has 4 heteroatoms. The molecule has 0 aliphatic rings. The van der Waals surface area contributed by atoms with Gasteiger partial charge in [0, 0.05) is 14.0 Å². The molecule has 4 nitrogen and oxygen atoms in total. The molecule has 0 atom stereocenters. The van der Waals surface area contributed by atoms with E-state index in [1.54, 1.807) is 26.0 Å². The maximum absolute atomic E-state index is 11.9. The van der Waals surface area contributed by atoms with Gasteiger partial charge in [-0.1, -0.05) is 24.3 Å². The van der Waals surface area contributed by atoms with Crippen molar-refractivity contribution in [2.24, 2.45) is 0 Å². The Morgan fingerprint density at radius 2 is 1.23 bits per heavy atom. The van der Waals surface area contributed by atoms with E-state index in [9.17, 15) is 4.79 Å². The number of hydrogen-bond donors (Lipinski definition) is 0. The van der Waals surface area contributed by atoms with Gasteiger partial charge in [0.15, 0.2) is 0 Å². The lowest BCUT2D eigenvalue weighted by molar-refractivity contribution is -0.129. The third-order valence-corrected chi connectivity index (χ3v) is 3.75. The Hall–Kier alpha value is -2.49. The van der Waals surface area contributed by atoms with E-state index in [4.69, 9.17) is 9.47 Å². The van der Waals surface area contributed by atoms with Gasteiger partial charge < -0.3 is 14.4 Å². The molecule has 0 unspecified atom stereocenters. The lowest BCUT2D eigenvalue weighted by atomic mass is 9.97. The van der Waals surface area contributed by atoms with Crippen molar-refractivity contribution >= 4 is 5.91 Å². The first-order chi connectivity index (χ1) is 10.6. The average molecular weight is 299 g/mol. The van der Waals surface area contributed by atoms with Crippen LogP contribution in [0.5, 0.6) is 11.5 Å². The number of benzene rings is 2. The number of ether oxygens (including phenoxy) is 2. The summed E-state index contributed by atoms with van der Waals surface area (Å²) < 4.78 is 10.4. The zero-order valence-corrected chi connectivity index (χ0v) is 13.4. The summed E-state index contributed by atoms with van der Waals surface area (Å²) in [7, 11) is 5.08. The van der Waals surface area contributed by atoms with Gasteiger partial charge in [0.05, 0.1) is 20.3 Å². The van der Waals surface area contributed by atoms with Crippen molar-refractivity contribution in [1.82, 2.24) is 4.90 Å². The van der Waals surface area contributed by atoms with E-state index in [1.165, 1.54) is 0 Å². The SMILES string of the molecule is COc1ccc(C(c2ccc(OC)cc2)N(C)C(C)=O)cc1. The quantitative estimate of drug-likeness (QED) is 0.850. The van der Waals surface area contributed by atoms with Crippen LogP contribution in [0.1, 0.15) is 24.1 Å². The van der Waals surface area contributed by atoms with E-state index in [2.05, 4.69) is 0 Å². The Labute approximate surface area is 131 Å². The third kappa shape index (κ3) is 3.39. The average Bonchev–Trinajstić information content (AvgIpc) is 2.56. The molecule has 0 fully saturated rings. The van der Waals surface area contributed by atoms with Crippen LogP contribution in [0.15, 0.2) is 48.5 Å². The predicted molar refractivity (Wildman–Crippen MR) is 86.3 cm³/mol. The number of amides is 1. The molecule has 0 radical (unpaired) electrons. The fraction of sp³-hybridized carbons (Fsp3) is 0.278. The molecule has 2 rings (SSSR count). The highest BCUT2D eigenvalue weighted by molar-refractivity contribution is 5.74. The molecular weight excluding hydrogens is 278 g/mol. The van der Waals surface area contributed by atoms with Crippen LogP contribution >= 0.6 is 0 Å². The van der Waals surface area contributed by atoms with Gasteiger partial charge in [-0.15, -0.1) is 0 Å². The second-order valence-electron chi connectivity index (χ2n) is 5.08. The van der Waals surface area contributed by atoms with Gasteiger partial charge in [-0.25, -0.2) is 0 Å². The Balaban J connectivity index is 2.42. The lowest BCUT2D eigenvalue weighted by Gasteiger charge is -2.28. The van der Waals surface area contributed by atoms with Crippen molar-refractivity contribution in [3.63, 3.8) is 0 Å². The molecule has 0 aliphatic carbocycles. The van der Waals surface area contributed by atoms with Crippen LogP contribution in [-0.2, 0) is 4.79 Å². The molecule has 22 heavy (non-hydrogen) atoms. The minimum absolute atomic E-state index is 0.0108. The molecule has 0 aliphatic heterocycles. The van der Waals surface area contributed by atoms with E-state index >= 15 is 0 Å². The van der Waals surface area contributed by atoms with E-state index in [0.29, 0.717) is 0 Å². The minimum Gasteiger partial charge on any atom is -0.497 e. The minimum atomic E-state index is -0.144. The van der Waals surface area contributed by atoms with E-state index in [1.807, 2.05) is 55.6 Å². The molecule has 0 heterocycles. The Morgan fingerprint density at radius 3 is 1.50 bits per heavy atom.